The summed E-state index contributed by atoms with van der Waals surface area (Å²) in [6, 6.07) is 5.61. The molecule has 0 aliphatic heterocycles. The highest BCUT2D eigenvalue weighted by atomic mass is 32.1. The minimum absolute atomic E-state index is 0.126. The Hall–Kier alpha value is -1.46. The van der Waals surface area contributed by atoms with Crippen LogP contribution in [0.1, 0.15) is 35.3 Å². The first-order chi connectivity index (χ1) is 8.02. The number of carbonyl (C=O) groups excluding carboxylic acids is 1. The summed E-state index contributed by atoms with van der Waals surface area (Å²) in [5.74, 6) is 5.17. The Balaban J connectivity index is 3.22. The summed E-state index contributed by atoms with van der Waals surface area (Å²) in [5, 5.41) is 0.683. The average molecular weight is 251 g/mol. The Bertz CT molecular complexity index is 445. The minimum atomic E-state index is -0.357. The van der Waals surface area contributed by atoms with Gasteiger partial charge in [0.05, 0.1) is 0 Å². The molecule has 1 amide bonds. The molecule has 4 N–H and O–H groups in total. The van der Waals surface area contributed by atoms with Gasteiger partial charge in [-0.15, -0.1) is 0 Å². The maximum atomic E-state index is 12.1. The van der Waals surface area contributed by atoms with E-state index in [-0.39, 0.29) is 11.0 Å². The van der Waals surface area contributed by atoms with Gasteiger partial charge in [0.1, 0.15) is 0 Å². The molecule has 1 aromatic rings. The van der Waals surface area contributed by atoms with Crippen molar-refractivity contribution in [2.75, 3.05) is 0 Å². The third-order valence-electron chi connectivity index (χ3n) is 2.69. The summed E-state index contributed by atoms with van der Waals surface area (Å²) in [6.07, 6.45) is 1.65. The van der Waals surface area contributed by atoms with Crippen molar-refractivity contribution in [2.24, 2.45) is 11.6 Å². The Labute approximate surface area is 107 Å². The van der Waals surface area contributed by atoms with Crippen molar-refractivity contribution >= 4 is 23.2 Å². The van der Waals surface area contributed by atoms with Crippen LogP contribution in [-0.2, 0) is 12.8 Å². The molecule has 17 heavy (non-hydrogen) atoms. The third-order valence-corrected chi connectivity index (χ3v) is 2.89. The first-order valence-electron chi connectivity index (χ1n) is 5.52. The monoisotopic (exact) mass is 251 g/mol. The van der Waals surface area contributed by atoms with Crippen molar-refractivity contribution in [1.82, 2.24) is 5.01 Å². The fraction of sp³-hybridized carbons (Fsp3) is 0.333. The standard InChI is InChI=1S/C12H17N3OS/c1-3-8-6-5-7-10(9(8)4-2)11(16)15(14)12(13)17/h5-7H,3-4,14H2,1-2H3,(H2,13,17). The molecule has 0 aliphatic carbocycles. The van der Waals surface area contributed by atoms with Gasteiger partial charge in [0.25, 0.3) is 5.91 Å². The number of nitrogens with two attached hydrogens (primary N) is 2. The zero-order chi connectivity index (χ0) is 13.0. The first-order valence-corrected chi connectivity index (χ1v) is 5.93. The number of amides is 1. The van der Waals surface area contributed by atoms with Crippen LogP contribution in [0.4, 0.5) is 0 Å². The zero-order valence-electron chi connectivity index (χ0n) is 10.1. The SMILES string of the molecule is CCc1cccc(C(=O)N(N)C(N)=S)c1CC. The lowest BCUT2D eigenvalue weighted by molar-refractivity contribution is 0.0847. The summed E-state index contributed by atoms with van der Waals surface area (Å²) >= 11 is 4.69. The van der Waals surface area contributed by atoms with E-state index >= 15 is 0 Å². The number of hydrogen-bond acceptors (Lipinski definition) is 3. The Morgan fingerprint density at radius 2 is 2.00 bits per heavy atom. The molecule has 92 valence electrons. The van der Waals surface area contributed by atoms with E-state index in [9.17, 15) is 4.79 Å². The van der Waals surface area contributed by atoms with Crippen LogP contribution in [0.5, 0.6) is 0 Å². The average Bonchev–Trinajstić information content (AvgIpc) is 2.35. The Morgan fingerprint density at radius 1 is 1.35 bits per heavy atom. The Kier molecular flexibility index (Phi) is 4.60. The molecule has 0 heterocycles. The van der Waals surface area contributed by atoms with Gasteiger partial charge in [-0.2, -0.15) is 0 Å². The molecule has 0 aliphatic rings. The molecular formula is C12H17N3OS. The van der Waals surface area contributed by atoms with Crippen molar-refractivity contribution in [2.45, 2.75) is 26.7 Å². The second kappa shape index (κ2) is 5.75. The maximum absolute atomic E-state index is 12.1. The molecule has 0 fully saturated rings. The summed E-state index contributed by atoms with van der Waals surface area (Å²) in [5.41, 5.74) is 8.07. The van der Waals surface area contributed by atoms with Gasteiger partial charge in [0.2, 0.25) is 0 Å². The predicted octanol–water partition coefficient (Wildman–Crippen LogP) is 1.37. The van der Waals surface area contributed by atoms with Gasteiger partial charge < -0.3 is 5.73 Å². The van der Waals surface area contributed by atoms with Crippen molar-refractivity contribution in [3.8, 4) is 0 Å². The van der Waals surface area contributed by atoms with Crippen molar-refractivity contribution < 1.29 is 4.79 Å². The summed E-state index contributed by atoms with van der Waals surface area (Å²) in [6.45, 7) is 4.06. The van der Waals surface area contributed by atoms with E-state index in [1.165, 1.54) is 0 Å². The number of rotatable bonds is 3. The second-order valence-electron chi connectivity index (χ2n) is 3.66. The lowest BCUT2D eigenvalue weighted by Crippen LogP contribution is -2.46. The number of carbonyl (C=O) groups is 1. The van der Waals surface area contributed by atoms with E-state index in [4.69, 9.17) is 23.8 Å². The van der Waals surface area contributed by atoms with Gasteiger partial charge in [-0.05, 0) is 42.3 Å². The molecule has 0 saturated carbocycles. The van der Waals surface area contributed by atoms with Crippen molar-refractivity contribution in [3.05, 3.63) is 34.9 Å². The predicted molar refractivity (Wildman–Crippen MR) is 72.3 cm³/mol. The fourth-order valence-corrected chi connectivity index (χ4v) is 1.90. The summed E-state index contributed by atoms with van der Waals surface area (Å²) < 4.78 is 0. The van der Waals surface area contributed by atoms with E-state index in [0.29, 0.717) is 5.56 Å². The molecule has 0 spiro atoms. The van der Waals surface area contributed by atoms with Gasteiger partial charge in [-0.3, -0.25) is 4.79 Å². The van der Waals surface area contributed by atoms with Crippen LogP contribution < -0.4 is 11.6 Å². The summed E-state index contributed by atoms with van der Waals surface area (Å²) in [7, 11) is 0. The van der Waals surface area contributed by atoms with E-state index in [0.717, 1.165) is 29.0 Å². The molecule has 0 radical (unpaired) electrons. The van der Waals surface area contributed by atoms with Crippen molar-refractivity contribution in [1.29, 1.82) is 0 Å². The number of benzene rings is 1. The molecule has 0 unspecified atom stereocenters. The molecule has 0 aromatic heterocycles. The number of hydrogen-bond donors (Lipinski definition) is 2. The molecular weight excluding hydrogens is 234 g/mol. The van der Waals surface area contributed by atoms with Gasteiger partial charge in [0.15, 0.2) is 5.11 Å². The highest BCUT2D eigenvalue weighted by Crippen LogP contribution is 2.17. The molecule has 1 rings (SSSR count). The lowest BCUT2D eigenvalue weighted by atomic mass is 9.96. The van der Waals surface area contributed by atoms with Crippen LogP contribution in [0, 0.1) is 0 Å². The molecule has 4 nitrogen and oxygen atoms in total. The molecule has 5 heteroatoms. The highest BCUT2D eigenvalue weighted by molar-refractivity contribution is 7.80. The quantitative estimate of drug-likeness (QED) is 0.368. The molecule has 0 saturated heterocycles. The highest BCUT2D eigenvalue weighted by Gasteiger charge is 2.18. The number of thiocarbonyl (C=S) groups is 1. The molecule has 1 aromatic carbocycles. The minimum Gasteiger partial charge on any atom is -0.375 e. The number of aryl methyl sites for hydroxylation is 1. The number of hydrazine groups is 1. The molecule has 0 bridgehead atoms. The van der Waals surface area contributed by atoms with E-state index in [1.54, 1.807) is 6.07 Å². The third kappa shape index (κ3) is 2.81. The van der Waals surface area contributed by atoms with Crippen molar-refractivity contribution in [3.63, 3.8) is 0 Å². The Morgan fingerprint density at radius 3 is 2.47 bits per heavy atom. The van der Waals surface area contributed by atoms with Crippen LogP contribution in [0.3, 0.4) is 0 Å². The second-order valence-corrected chi connectivity index (χ2v) is 4.08. The normalized spacial score (nSPS) is 10.1. The lowest BCUT2D eigenvalue weighted by Gasteiger charge is -2.17. The zero-order valence-corrected chi connectivity index (χ0v) is 10.9. The summed E-state index contributed by atoms with van der Waals surface area (Å²) in [4.78, 5) is 12.1. The smallest absolute Gasteiger partial charge is 0.274 e. The van der Waals surface area contributed by atoms with Crippen LogP contribution in [0.15, 0.2) is 18.2 Å². The topological polar surface area (TPSA) is 72.3 Å². The van der Waals surface area contributed by atoms with E-state index in [1.807, 2.05) is 19.1 Å². The first kappa shape index (κ1) is 13.6. The molecule has 0 atom stereocenters. The number of nitrogens with zero attached hydrogens (tertiary/aromatic N) is 1. The largest absolute Gasteiger partial charge is 0.375 e. The van der Waals surface area contributed by atoms with E-state index in [2.05, 4.69) is 6.92 Å². The van der Waals surface area contributed by atoms with Crippen LogP contribution >= 0.6 is 12.2 Å². The van der Waals surface area contributed by atoms with Crippen LogP contribution in [-0.4, -0.2) is 16.0 Å². The van der Waals surface area contributed by atoms with Crippen LogP contribution in [0.25, 0.3) is 0 Å². The van der Waals surface area contributed by atoms with Crippen LogP contribution in [0.2, 0.25) is 0 Å². The van der Waals surface area contributed by atoms with E-state index < -0.39 is 0 Å². The fourth-order valence-electron chi connectivity index (χ4n) is 1.81. The van der Waals surface area contributed by atoms with Gasteiger partial charge in [-0.1, -0.05) is 26.0 Å². The van der Waals surface area contributed by atoms with Gasteiger partial charge >= 0.3 is 0 Å². The maximum Gasteiger partial charge on any atom is 0.274 e. The van der Waals surface area contributed by atoms with Gasteiger partial charge in [0, 0.05) is 5.56 Å². The van der Waals surface area contributed by atoms with Gasteiger partial charge in [-0.25, -0.2) is 10.9 Å².